The molecule has 0 fully saturated rings. The summed E-state index contributed by atoms with van der Waals surface area (Å²) in [4.78, 5) is 2.68. The van der Waals surface area contributed by atoms with Crippen LogP contribution in [0.25, 0.3) is 0 Å². The molecule has 0 N–H and O–H groups in total. The molecular weight excluding hydrogens is 230 g/mol. The highest BCUT2D eigenvalue weighted by molar-refractivity contribution is 4.81. The largest absolute Gasteiger partial charge is 0.296 e. The summed E-state index contributed by atoms with van der Waals surface area (Å²) >= 11 is 0. The molecule has 1 nitrogen and oxygen atoms in total. The first-order chi connectivity index (χ1) is 8.97. The second kappa shape index (κ2) is 10.7. The topological polar surface area (TPSA) is 3.24 Å². The maximum absolute atomic E-state index is 2.68. The molecule has 1 atom stereocenters. The van der Waals surface area contributed by atoms with Gasteiger partial charge >= 0.3 is 0 Å². The van der Waals surface area contributed by atoms with Crippen LogP contribution in [0.2, 0.25) is 0 Å². The normalized spacial score (nSPS) is 14.1. The predicted octanol–water partition coefficient (Wildman–Crippen LogP) is 6.03. The zero-order chi connectivity index (χ0) is 14.7. The first-order valence-corrected chi connectivity index (χ1v) is 8.74. The highest BCUT2D eigenvalue weighted by Gasteiger charge is 2.25. The lowest BCUT2D eigenvalue weighted by molar-refractivity contribution is 0.0791. The zero-order valence-electron chi connectivity index (χ0n) is 14.6. The fraction of sp³-hybridized carbons (Fsp3) is 1.00. The Morgan fingerprint density at radius 1 is 0.789 bits per heavy atom. The molecule has 0 radical (unpaired) electrons. The second-order valence-electron chi connectivity index (χ2n) is 6.93. The molecular formula is C18H39N. The minimum atomic E-state index is 0.316. The molecule has 116 valence electrons. The van der Waals surface area contributed by atoms with Crippen molar-refractivity contribution in [2.75, 3.05) is 6.54 Å². The summed E-state index contributed by atoms with van der Waals surface area (Å²) in [6.07, 6.45) is 12.6. The van der Waals surface area contributed by atoms with E-state index in [1.165, 1.54) is 64.3 Å². The third kappa shape index (κ3) is 8.68. The molecule has 0 heterocycles. The number of hydrogen-bond donors (Lipinski definition) is 0. The van der Waals surface area contributed by atoms with E-state index in [4.69, 9.17) is 0 Å². The van der Waals surface area contributed by atoms with Crippen molar-refractivity contribution in [2.45, 2.75) is 111 Å². The van der Waals surface area contributed by atoms with Gasteiger partial charge in [-0.15, -0.1) is 0 Å². The number of rotatable bonds is 11. The van der Waals surface area contributed by atoms with Gasteiger partial charge in [-0.05, 0) is 40.2 Å². The highest BCUT2D eigenvalue weighted by Crippen LogP contribution is 2.22. The lowest BCUT2D eigenvalue weighted by Crippen LogP contribution is -2.47. The Balaban J connectivity index is 3.87. The lowest BCUT2D eigenvalue weighted by Gasteiger charge is -2.41. The Morgan fingerprint density at radius 2 is 1.32 bits per heavy atom. The maximum Gasteiger partial charge on any atom is 0.0127 e. The Kier molecular flexibility index (Phi) is 10.7. The standard InChI is InChI=1S/C18H39N/c1-7-10-11-12-13-14-15-16-17(8-2)19(9-3)18(4,5)6/h17H,7-16H2,1-6H3. The van der Waals surface area contributed by atoms with Gasteiger partial charge in [0.05, 0.1) is 0 Å². The van der Waals surface area contributed by atoms with E-state index in [1.54, 1.807) is 0 Å². The van der Waals surface area contributed by atoms with Gasteiger partial charge in [0.25, 0.3) is 0 Å². The molecule has 1 heteroatoms. The van der Waals surface area contributed by atoms with E-state index >= 15 is 0 Å². The van der Waals surface area contributed by atoms with Crippen LogP contribution in [-0.2, 0) is 0 Å². The van der Waals surface area contributed by atoms with Crippen LogP contribution >= 0.6 is 0 Å². The molecule has 1 unspecified atom stereocenters. The van der Waals surface area contributed by atoms with Crippen LogP contribution < -0.4 is 0 Å². The Hall–Kier alpha value is -0.0400. The number of nitrogens with zero attached hydrogens (tertiary/aromatic N) is 1. The summed E-state index contributed by atoms with van der Waals surface area (Å²) in [5.74, 6) is 0. The van der Waals surface area contributed by atoms with E-state index in [0.29, 0.717) is 5.54 Å². The Labute approximate surface area is 123 Å². The number of hydrogen-bond acceptors (Lipinski definition) is 1. The van der Waals surface area contributed by atoms with Gasteiger partial charge in [0, 0.05) is 11.6 Å². The first-order valence-electron chi connectivity index (χ1n) is 8.74. The Morgan fingerprint density at radius 3 is 1.74 bits per heavy atom. The van der Waals surface area contributed by atoms with Gasteiger partial charge in [0.15, 0.2) is 0 Å². The molecule has 0 aliphatic carbocycles. The molecule has 0 aliphatic heterocycles. The SMILES string of the molecule is CCCCCCCCCC(CC)N(CC)C(C)(C)C. The summed E-state index contributed by atoms with van der Waals surface area (Å²) in [5.41, 5.74) is 0.316. The third-order valence-electron chi connectivity index (χ3n) is 4.26. The molecule has 0 aromatic carbocycles. The second-order valence-corrected chi connectivity index (χ2v) is 6.93. The van der Waals surface area contributed by atoms with Crippen molar-refractivity contribution < 1.29 is 0 Å². The van der Waals surface area contributed by atoms with E-state index in [-0.39, 0.29) is 0 Å². The van der Waals surface area contributed by atoms with E-state index < -0.39 is 0 Å². The average Bonchev–Trinajstić information content (AvgIpc) is 2.34. The van der Waals surface area contributed by atoms with Crippen molar-refractivity contribution in [3.05, 3.63) is 0 Å². The van der Waals surface area contributed by atoms with Gasteiger partial charge in [-0.1, -0.05) is 65.7 Å². The van der Waals surface area contributed by atoms with Crippen molar-refractivity contribution in [3.8, 4) is 0 Å². The smallest absolute Gasteiger partial charge is 0.0127 e. The van der Waals surface area contributed by atoms with Crippen LogP contribution in [0.1, 0.15) is 99.3 Å². The molecule has 0 aromatic rings. The molecule has 0 saturated carbocycles. The van der Waals surface area contributed by atoms with Gasteiger partial charge in [-0.25, -0.2) is 0 Å². The fourth-order valence-electron chi connectivity index (χ4n) is 3.20. The van der Waals surface area contributed by atoms with Crippen LogP contribution in [0.5, 0.6) is 0 Å². The van der Waals surface area contributed by atoms with E-state index in [0.717, 1.165) is 6.04 Å². The van der Waals surface area contributed by atoms with Crippen LogP contribution in [0, 0.1) is 0 Å². The van der Waals surface area contributed by atoms with Crippen LogP contribution in [-0.4, -0.2) is 23.0 Å². The van der Waals surface area contributed by atoms with Crippen LogP contribution in [0.15, 0.2) is 0 Å². The molecule has 0 bridgehead atoms. The molecule has 0 saturated heterocycles. The zero-order valence-corrected chi connectivity index (χ0v) is 14.6. The third-order valence-corrected chi connectivity index (χ3v) is 4.26. The van der Waals surface area contributed by atoms with Crippen molar-refractivity contribution in [2.24, 2.45) is 0 Å². The van der Waals surface area contributed by atoms with Crippen LogP contribution in [0.3, 0.4) is 0 Å². The van der Waals surface area contributed by atoms with E-state index in [9.17, 15) is 0 Å². The van der Waals surface area contributed by atoms with Gasteiger partial charge in [0.1, 0.15) is 0 Å². The van der Waals surface area contributed by atoms with Gasteiger partial charge in [-0.2, -0.15) is 0 Å². The van der Waals surface area contributed by atoms with Crippen molar-refractivity contribution in [3.63, 3.8) is 0 Å². The molecule has 0 spiro atoms. The minimum Gasteiger partial charge on any atom is -0.296 e. The lowest BCUT2D eigenvalue weighted by atomic mass is 9.97. The van der Waals surface area contributed by atoms with Crippen molar-refractivity contribution in [1.82, 2.24) is 4.90 Å². The monoisotopic (exact) mass is 269 g/mol. The van der Waals surface area contributed by atoms with E-state index in [2.05, 4.69) is 46.4 Å². The number of unbranched alkanes of at least 4 members (excludes halogenated alkanes) is 6. The molecule has 0 aliphatic rings. The van der Waals surface area contributed by atoms with Crippen molar-refractivity contribution in [1.29, 1.82) is 0 Å². The maximum atomic E-state index is 2.68. The first kappa shape index (κ1) is 19.0. The van der Waals surface area contributed by atoms with Gasteiger partial charge in [0.2, 0.25) is 0 Å². The molecule has 0 aromatic heterocycles. The summed E-state index contributed by atoms with van der Waals surface area (Å²) < 4.78 is 0. The van der Waals surface area contributed by atoms with Gasteiger partial charge in [-0.3, -0.25) is 4.90 Å². The summed E-state index contributed by atoms with van der Waals surface area (Å²) in [6.45, 7) is 15.2. The Bertz CT molecular complexity index is 192. The predicted molar refractivity (Wildman–Crippen MR) is 88.8 cm³/mol. The summed E-state index contributed by atoms with van der Waals surface area (Å²) in [7, 11) is 0. The van der Waals surface area contributed by atoms with Crippen LogP contribution in [0.4, 0.5) is 0 Å². The molecule has 19 heavy (non-hydrogen) atoms. The van der Waals surface area contributed by atoms with Crippen molar-refractivity contribution >= 4 is 0 Å². The summed E-state index contributed by atoms with van der Waals surface area (Å²) in [5, 5.41) is 0. The van der Waals surface area contributed by atoms with Gasteiger partial charge < -0.3 is 0 Å². The minimum absolute atomic E-state index is 0.316. The fourth-order valence-corrected chi connectivity index (χ4v) is 3.20. The quantitative estimate of drug-likeness (QED) is 0.414. The molecule has 0 amide bonds. The van der Waals surface area contributed by atoms with E-state index in [1.807, 2.05) is 0 Å². The highest BCUT2D eigenvalue weighted by atomic mass is 15.2. The molecule has 0 rings (SSSR count). The average molecular weight is 270 g/mol. The summed E-state index contributed by atoms with van der Waals surface area (Å²) in [6, 6.07) is 0.778.